The molecule has 0 fully saturated rings. The predicted octanol–water partition coefficient (Wildman–Crippen LogP) is 1.62. The fourth-order valence-electron chi connectivity index (χ4n) is 1.24. The number of aryl methyl sites for hydroxylation is 2. The van der Waals surface area contributed by atoms with Gasteiger partial charge in [-0.1, -0.05) is 0 Å². The van der Waals surface area contributed by atoms with Gasteiger partial charge in [0.1, 0.15) is 17.2 Å². The average molecular weight is 233 g/mol. The summed E-state index contributed by atoms with van der Waals surface area (Å²) in [5.74, 6) is 0.446. The Hall–Kier alpha value is -1.69. The van der Waals surface area contributed by atoms with Crippen LogP contribution in [0.1, 0.15) is 11.4 Å². The molecule has 0 radical (unpaired) electrons. The summed E-state index contributed by atoms with van der Waals surface area (Å²) in [6, 6.07) is 3.63. The number of aromatic nitrogens is 4. The Morgan fingerprint density at radius 3 is 2.38 bits per heavy atom. The zero-order valence-corrected chi connectivity index (χ0v) is 9.82. The summed E-state index contributed by atoms with van der Waals surface area (Å²) in [4.78, 5) is 16.5. The summed E-state index contributed by atoms with van der Waals surface area (Å²) in [6.45, 7) is 3.88. The van der Waals surface area contributed by atoms with E-state index in [2.05, 4.69) is 19.9 Å². The molecule has 0 amide bonds. The van der Waals surface area contributed by atoms with Crippen LogP contribution in [0.3, 0.4) is 0 Å². The minimum atomic E-state index is 0.446. The Bertz CT molecular complexity index is 494. The highest BCUT2D eigenvalue weighted by atomic mass is 32.2. The van der Waals surface area contributed by atoms with Gasteiger partial charge in [0.15, 0.2) is 5.16 Å². The second-order valence-corrected chi connectivity index (χ2v) is 4.30. The Labute approximate surface area is 97.6 Å². The predicted molar refractivity (Wildman–Crippen MR) is 62.1 cm³/mol. The van der Waals surface area contributed by atoms with Crippen LogP contribution in [0.5, 0.6) is 0 Å². The van der Waals surface area contributed by atoms with Crippen molar-refractivity contribution in [2.24, 2.45) is 0 Å². The van der Waals surface area contributed by atoms with E-state index >= 15 is 0 Å². The van der Waals surface area contributed by atoms with Crippen LogP contribution in [0.25, 0.3) is 0 Å². The molecule has 2 heterocycles. The van der Waals surface area contributed by atoms with Gasteiger partial charge in [-0.15, -0.1) is 0 Å². The quantitative estimate of drug-likeness (QED) is 0.627. The van der Waals surface area contributed by atoms with E-state index in [0.717, 1.165) is 16.4 Å². The fraction of sp³-hybridized carbons (Fsp3) is 0.200. The van der Waals surface area contributed by atoms with Gasteiger partial charge in [-0.3, -0.25) is 0 Å². The van der Waals surface area contributed by atoms with Gasteiger partial charge in [0, 0.05) is 17.5 Å². The second kappa shape index (κ2) is 4.44. The molecule has 2 rings (SSSR count). The zero-order valence-electron chi connectivity index (χ0n) is 9.01. The number of hydrogen-bond acceptors (Lipinski definition) is 6. The van der Waals surface area contributed by atoms with Gasteiger partial charge in [-0.25, -0.2) is 19.9 Å². The van der Waals surface area contributed by atoms with Gasteiger partial charge >= 0.3 is 0 Å². The Morgan fingerprint density at radius 1 is 1.06 bits per heavy atom. The first-order valence-electron chi connectivity index (χ1n) is 4.71. The molecule has 2 aromatic heterocycles. The highest BCUT2D eigenvalue weighted by Crippen LogP contribution is 2.23. The van der Waals surface area contributed by atoms with Crippen molar-refractivity contribution >= 4 is 17.6 Å². The van der Waals surface area contributed by atoms with E-state index < -0.39 is 0 Å². The standard InChI is InChI=1S/C10H11N5S/c1-6-3-7(2)15-10(14-6)16-9-4-8(11)12-5-13-9/h3-5H,1-2H3,(H2,11,12,13). The summed E-state index contributed by atoms with van der Waals surface area (Å²) in [7, 11) is 0. The van der Waals surface area contributed by atoms with Gasteiger partial charge in [-0.05, 0) is 31.7 Å². The molecular formula is C10H11N5S. The summed E-state index contributed by atoms with van der Waals surface area (Å²) in [6.07, 6.45) is 1.43. The molecule has 82 valence electrons. The summed E-state index contributed by atoms with van der Waals surface area (Å²) in [5.41, 5.74) is 7.45. The summed E-state index contributed by atoms with van der Waals surface area (Å²) < 4.78 is 0. The van der Waals surface area contributed by atoms with Crippen LogP contribution >= 0.6 is 11.8 Å². The first kappa shape index (κ1) is 10.8. The molecule has 0 saturated carbocycles. The van der Waals surface area contributed by atoms with Gasteiger partial charge in [0.25, 0.3) is 0 Å². The molecule has 6 heteroatoms. The first-order chi connectivity index (χ1) is 7.63. The van der Waals surface area contributed by atoms with E-state index in [0.29, 0.717) is 11.0 Å². The van der Waals surface area contributed by atoms with E-state index in [-0.39, 0.29) is 0 Å². The molecule has 2 N–H and O–H groups in total. The van der Waals surface area contributed by atoms with Crippen LogP contribution < -0.4 is 5.73 Å². The maximum Gasteiger partial charge on any atom is 0.194 e. The maximum atomic E-state index is 5.57. The monoisotopic (exact) mass is 233 g/mol. The molecular weight excluding hydrogens is 222 g/mol. The van der Waals surface area contributed by atoms with Gasteiger partial charge in [-0.2, -0.15) is 0 Å². The molecule has 16 heavy (non-hydrogen) atoms. The lowest BCUT2D eigenvalue weighted by atomic mass is 10.4. The second-order valence-electron chi connectivity index (χ2n) is 3.32. The van der Waals surface area contributed by atoms with Crippen LogP contribution in [-0.4, -0.2) is 19.9 Å². The van der Waals surface area contributed by atoms with E-state index in [4.69, 9.17) is 5.73 Å². The number of nitrogen functional groups attached to an aromatic ring is 1. The molecule has 0 aliphatic heterocycles. The van der Waals surface area contributed by atoms with E-state index in [1.807, 2.05) is 19.9 Å². The van der Waals surface area contributed by atoms with Crippen molar-refractivity contribution in [1.82, 2.24) is 19.9 Å². The molecule has 0 atom stereocenters. The van der Waals surface area contributed by atoms with Gasteiger partial charge in [0.2, 0.25) is 0 Å². The number of nitrogens with zero attached hydrogens (tertiary/aromatic N) is 4. The van der Waals surface area contributed by atoms with Crippen LogP contribution in [0, 0.1) is 13.8 Å². The SMILES string of the molecule is Cc1cc(C)nc(Sc2cc(N)ncn2)n1. The molecule has 5 nitrogen and oxygen atoms in total. The summed E-state index contributed by atoms with van der Waals surface area (Å²) >= 11 is 1.38. The molecule has 0 aliphatic carbocycles. The van der Waals surface area contributed by atoms with Crippen molar-refractivity contribution in [2.75, 3.05) is 5.73 Å². The van der Waals surface area contributed by atoms with Crippen molar-refractivity contribution in [1.29, 1.82) is 0 Å². The third-order valence-electron chi connectivity index (χ3n) is 1.82. The maximum absolute atomic E-state index is 5.57. The molecule has 0 saturated heterocycles. The van der Waals surface area contributed by atoms with Crippen LogP contribution in [0.2, 0.25) is 0 Å². The summed E-state index contributed by atoms with van der Waals surface area (Å²) in [5, 5.41) is 1.42. The number of rotatable bonds is 2. The van der Waals surface area contributed by atoms with Crippen LogP contribution in [0.4, 0.5) is 5.82 Å². The first-order valence-corrected chi connectivity index (χ1v) is 5.53. The van der Waals surface area contributed by atoms with Crippen molar-refractivity contribution in [2.45, 2.75) is 24.0 Å². The zero-order chi connectivity index (χ0) is 11.5. The Morgan fingerprint density at radius 2 is 1.75 bits per heavy atom. The number of nitrogens with two attached hydrogens (primary N) is 1. The highest BCUT2D eigenvalue weighted by molar-refractivity contribution is 7.99. The molecule has 2 aromatic rings. The van der Waals surface area contributed by atoms with Crippen molar-refractivity contribution in [3.63, 3.8) is 0 Å². The molecule has 0 bridgehead atoms. The van der Waals surface area contributed by atoms with Crippen molar-refractivity contribution in [3.05, 3.63) is 29.8 Å². The minimum absolute atomic E-state index is 0.446. The molecule has 0 spiro atoms. The van der Waals surface area contributed by atoms with Crippen LogP contribution in [-0.2, 0) is 0 Å². The lowest BCUT2D eigenvalue weighted by Crippen LogP contribution is -1.95. The van der Waals surface area contributed by atoms with E-state index in [1.165, 1.54) is 18.1 Å². The van der Waals surface area contributed by atoms with Crippen molar-refractivity contribution in [3.8, 4) is 0 Å². The normalized spacial score (nSPS) is 10.4. The van der Waals surface area contributed by atoms with Crippen LogP contribution in [0.15, 0.2) is 28.6 Å². The number of hydrogen-bond donors (Lipinski definition) is 1. The third kappa shape index (κ3) is 2.66. The van der Waals surface area contributed by atoms with Crippen molar-refractivity contribution < 1.29 is 0 Å². The third-order valence-corrected chi connectivity index (χ3v) is 2.62. The molecule has 0 unspecified atom stereocenters. The largest absolute Gasteiger partial charge is 0.384 e. The van der Waals surface area contributed by atoms with Gasteiger partial charge < -0.3 is 5.73 Å². The molecule has 0 aliphatic rings. The van der Waals surface area contributed by atoms with E-state index in [1.54, 1.807) is 6.07 Å². The topological polar surface area (TPSA) is 77.6 Å². The molecule has 0 aromatic carbocycles. The van der Waals surface area contributed by atoms with Gasteiger partial charge in [0.05, 0.1) is 0 Å². The average Bonchev–Trinajstić information content (AvgIpc) is 2.15. The minimum Gasteiger partial charge on any atom is -0.384 e. The van der Waals surface area contributed by atoms with E-state index in [9.17, 15) is 0 Å². The Balaban J connectivity index is 2.27. The Kier molecular flexibility index (Phi) is 3.00. The fourth-order valence-corrected chi connectivity index (χ4v) is 2.09. The number of anilines is 1. The lowest BCUT2D eigenvalue weighted by Gasteiger charge is -2.02. The highest BCUT2D eigenvalue weighted by Gasteiger charge is 2.04. The smallest absolute Gasteiger partial charge is 0.194 e. The lowest BCUT2D eigenvalue weighted by molar-refractivity contribution is 0.897.